The summed E-state index contributed by atoms with van der Waals surface area (Å²) in [6.45, 7) is 1.34. The lowest BCUT2D eigenvalue weighted by Crippen LogP contribution is -2.30. The molecule has 6 nitrogen and oxygen atoms in total. The Balaban J connectivity index is 1.43. The second-order valence-electron chi connectivity index (χ2n) is 6.90. The number of nitrogens with zero attached hydrogens (tertiary/aromatic N) is 1. The van der Waals surface area contributed by atoms with Crippen LogP contribution in [0.1, 0.15) is 21.5 Å². The van der Waals surface area contributed by atoms with E-state index >= 15 is 0 Å². The van der Waals surface area contributed by atoms with E-state index in [1.165, 1.54) is 0 Å². The van der Waals surface area contributed by atoms with Crippen LogP contribution in [0.25, 0.3) is 0 Å². The van der Waals surface area contributed by atoms with Gasteiger partial charge in [-0.1, -0.05) is 30.3 Å². The van der Waals surface area contributed by atoms with E-state index in [4.69, 9.17) is 18.9 Å². The average molecular weight is 389 g/mol. The highest BCUT2D eigenvalue weighted by Gasteiger charge is 2.21. The van der Waals surface area contributed by atoms with Crippen molar-refractivity contribution in [3.63, 3.8) is 0 Å². The summed E-state index contributed by atoms with van der Waals surface area (Å²) >= 11 is 0. The minimum Gasteiger partial charge on any atom is -0.454 e. The zero-order chi connectivity index (χ0) is 19.6. The van der Waals surface area contributed by atoms with Gasteiger partial charge >= 0.3 is 0 Å². The van der Waals surface area contributed by atoms with Gasteiger partial charge in [0.1, 0.15) is 0 Å². The van der Waals surface area contributed by atoms with Crippen LogP contribution < -0.4 is 18.9 Å². The van der Waals surface area contributed by atoms with Crippen molar-refractivity contribution in [2.24, 2.45) is 0 Å². The Kier molecular flexibility index (Phi) is 4.44. The van der Waals surface area contributed by atoms with E-state index in [9.17, 15) is 4.79 Å². The quantitative estimate of drug-likeness (QED) is 0.661. The van der Waals surface area contributed by atoms with Gasteiger partial charge in [0.2, 0.25) is 13.6 Å². The third-order valence-corrected chi connectivity index (χ3v) is 4.93. The number of ether oxygens (including phenoxy) is 4. The highest BCUT2D eigenvalue weighted by atomic mass is 16.7. The topological polar surface area (TPSA) is 57.2 Å². The minimum absolute atomic E-state index is 0.0408. The number of carbonyl (C=O) groups is 1. The molecule has 0 unspecified atom stereocenters. The molecule has 146 valence electrons. The molecular weight excluding hydrogens is 370 g/mol. The predicted molar refractivity (Wildman–Crippen MR) is 105 cm³/mol. The fourth-order valence-corrected chi connectivity index (χ4v) is 3.48. The van der Waals surface area contributed by atoms with Gasteiger partial charge in [-0.3, -0.25) is 4.79 Å². The maximum absolute atomic E-state index is 13.2. The fraction of sp³-hybridized carbons (Fsp3) is 0.174. The molecule has 0 fully saturated rings. The lowest BCUT2D eigenvalue weighted by atomic mass is 10.1. The van der Waals surface area contributed by atoms with Crippen LogP contribution in [0.2, 0.25) is 0 Å². The number of hydrogen-bond donors (Lipinski definition) is 0. The largest absolute Gasteiger partial charge is 0.454 e. The Labute approximate surface area is 168 Å². The Morgan fingerprint density at radius 3 is 1.76 bits per heavy atom. The molecule has 3 aromatic carbocycles. The van der Waals surface area contributed by atoms with Gasteiger partial charge in [-0.25, -0.2) is 0 Å². The van der Waals surface area contributed by atoms with Gasteiger partial charge in [-0.2, -0.15) is 0 Å². The minimum atomic E-state index is -0.0408. The van der Waals surface area contributed by atoms with Crippen LogP contribution in [-0.2, 0) is 13.1 Å². The van der Waals surface area contributed by atoms with Crippen molar-refractivity contribution in [3.8, 4) is 23.0 Å². The molecule has 0 N–H and O–H groups in total. The molecular formula is C23H19NO5. The standard InChI is InChI=1S/C23H19NO5/c25-23(18-4-2-1-3-5-18)24(12-16-6-8-19-21(10-16)28-14-26-19)13-17-7-9-20-22(11-17)29-15-27-20/h1-11H,12-15H2. The molecule has 2 aliphatic heterocycles. The van der Waals surface area contributed by atoms with Crippen LogP contribution in [0.3, 0.4) is 0 Å². The summed E-state index contributed by atoms with van der Waals surface area (Å²) in [5.41, 5.74) is 2.59. The lowest BCUT2D eigenvalue weighted by molar-refractivity contribution is 0.0729. The van der Waals surface area contributed by atoms with E-state index in [0.29, 0.717) is 30.2 Å². The van der Waals surface area contributed by atoms with Crippen LogP contribution in [0.15, 0.2) is 66.7 Å². The Morgan fingerprint density at radius 2 is 1.21 bits per heavy atom. The molecule has 3 aromatic rings. The van der Waals surface area contributed by atoms with Crippen LogP contribution in [0.5, 0.6) is 23.0 Å². The van der Waals surface area contributed by atoms with Gasteiger partial charge in [0.15, 0.2) is 23.0 Å². The van der Waals surface area contributed by atoms with Crippen LogP contribution in [0.4, 0.5) is 0 Å². The first-order valence-corrected chi connectivity index (χ1v) is 9.38. The van der Waals surface area contributed by atoms with Crippen molar-refractivity contribution < 1.29 is 23.7 Å². The van der Waals surface area contributed by atoms with Crippen molar-refractivity contribution in [1.29, 1.82) is 0 Å². The summed E-state index contributed by atoms with van der Waals surface area (Å²) in [7, 11) is 0. The van der Waals surface area contributed by atoms with E-state index in [2.05, 4.69) is 0 Å². The monoisotopic (exact) mass is 389 g/mol. The molecule has 29 heavy (non-hydrogen) atoms. The first-order chi connectivity index (χ1) is 14.3. The third kappa shape index (κ3) is 3.57. The van der Waals surface area contributed by atoms with Gasteiger partial charge < -0.3 is 23.8 Å². The van der Waals surface area contributed by atoms with Crippen molar-refractivity contribution in [1.82, 2.24) is 4.90 Å². The summed E-state index contributed by atoms with van der Waals surface area (Å²) < 4.78 is 21.7. The van der Waals surface area contributed by atoms with Gasteiger partial charge in [0.05, 0.1) is 0 Å². The first-order valence-electron chi connectivity index (χ1n) is 9.38. The van der Waals surface area contributed by atoms with E-state index in [1.54, 1.807) is 0 Å². The predicted octanol–water partition coefficient (Wildman–Crippen LogP) is 3.99. The molecule has 0 spiro atoms. The SMILES string of the molecule is O=C(c1ccccc1)N(Cc1ccc2c(c1)OCO2)Cc1ccc2c(c1)OCO2. The average Bonchev–Trinajstić information content (AvgIpc) is 3.42. The van der Waals surface area contributed by atoms with Crippen molar-refractivity contribution >= 4 is 5.91 Å². The number of carbonyl (C=O) groups excluding carboxylic acids is 1. The van der Waals surface area contributed by atoms with Crippen LogP contribution in [-0.4, -0.2) is 24.4 Å². The van der Waals surface area contributed by atoms with Gasteiger partial charge in [0.25, 0.3) is 5.91 Å². The van der Waals surface area contributed by atoms with E-state index in [1.807, 2.05) is 71.6 Å². The number of fused-ring (bicyclic) bond motifs is 2. The molecule has 1 amide bonds. The maximum Gasteiger partial charge on any atom is 0.254 e. The normalized spacial score (nSPS) is 13.4. The van der Waals surface area contributed by atoms with Crippen molar-refractivity contribution in [2.45, 2.75) is 13.1 Å². The second-order valence-corrected chi connectivity index (χ2v) is 6.90. The van der Waals surface area contributed by atoms with Gasteiger partial charge in [-0.15, -0.1) is 0 Å². The maximum atomic E-state index is 13.2. The van der Waals surface area contributed by atoms with E-state index < -0.39 is 0 Å². The molecule has 2 aliphatic rings. The van der Waals surface area contributed by atoms with Gasteiger partial charge in [0, 0.05) is 18.7 Å². The van der Waals surface area contributed by atoms with Crippen molar-refractivity contribution in [2.75, 3.05) is 13.6 Å². The molecule has 5 rings (SSSR count). The van der Waals surface area contributed by atoms with Gasteiger partial charge in [-0.05, 0) is 47.5 Å². The Hall–Kier alpha value is -3.67. The highest BCUT2D eigenvalue weighted by Crippen LogP contribution is 2.34. The zero-order valence-corrected chi connectivity index (χ0v) is 15.7. The molecule has 0 bridgehead atoms. The summed E-state index contributed by atoms with van der Waals surface area (Å²) in [5, 5.41) is 0. The molecule has 6 heteroatoms. The number of amides is 1. The van der Waals surface area contributed by atoms with E-state index in [-0.39, 0.29) is 19.5 Å². The molecule has 0 atom stereocenters. The molecule has 2 heterocycles. The molecule has 0 radical (unpaired) electrons. The molecule has 0 aromatic heterocycles. The highest BCUT2D eigenvalue weighted by molar-refractivity contribution is 5.94. The summed E-state index contributed by atoms with van der Waals surface area (Å²) in [6.07, 6.45) is 0. The number of rotatable bonds is 5. The second kappa shape index (κ2) is 7.39. The van der Waals surface area contributed by atoms with Crippen molar-refractivity contribution in [3.05, 3.63) is 83.4 Å². The Bertz CT molecular complexity index is 991. The van der Waals surface area contributed by atoms with Crippen LogP contribution in [0, 0.1) is 0 Å². The third-order valence-electron chi connectivity index (χ3n) is 4.93. The number of benzene rings is 3. The summed E-state index contributed by atoms with van der Waals surface area (Å²) in [5.74, 6) is 2.83. The first kappa shape index (κ1) is 17.4. The smallest absolute Gasteiger partial charge is 0.254 e. The van der Waals surface area contributed by atoms with Crippen LogP contribution >= 0.6 is 0 Å². The lowest BCUT2D eigenvalue weighted by Gasteiger charge is -2.23. The Morgan fingerprint density at radius 1 is 0.690 bits per heavy atom. The van der Waals surface area contributed by atoms with E-state index in [0.717, 1.165) is 22.6 Å². The fourth-order valence-electron chi connectivity index (χ4n) is 3.48. The molecule has 0 aliphatic carbocycles. The summed E-state index contributed by atoms with van der Waals surface area (Å²) in [4.78, 5) is 15.0. The summed E-state index contributed by atoms with van der Waals surface area (Å²) in [6, 6.07) is 20.8. The molecule has 0 saturated carbocycles. The number of hydrogen-bond acceptors (Lipinski definition) is 5. The zero-order valence-electron chi connectivity index (χ0n) is 15.7. The molecule has 0 saturated heterocycles.